The van der Waals surface area contributed by atoms with Gasteiger partial charge in [-0.25, -0.2) is 14.5 Å². The van der Waals surface area contributed by atoms with Gasteiger partial charge in [-0.15, -0.1) is 0 Å². The molecule has 1 atom stereocenters. The number of amides is 1. The Kier molecular flexibility index (Phi) is 5.03. The average Bonchev–Trinajstić information content (AvgIpc) is 3.28. The van der Waals surface area contributed by atoms with Crippen molar-refractivity contribution in [2.75, 3.05) is 5.32 Å². The molecule has 0 aliphatic heterocycles. The van der Waals surface area contributed by atoms with E-state index in [1.54, 1.807) is 35.3 Å². The zero-order valence-electron chi connectivity index (χ0n) is 15.6. The van der Waals surface area contributed by atoms with Crippen molar-refractivity contribution in [2.45, 2.75) is 13.0 Å². The average molecular weight is 386 g/mol. The van der Waals surface area contributed by atoms with Crippen molar-refractivity contribution in [3.05, 3.63) is 84.9 Å². The normalized spacial score (nSPS) is 11.8. The Labute approximate surface area is 167 Å². The van der Waals surface area contributed by atoms with Gasteiger partial charge < -0.3 is 10.1 Å². The maximum Gasteiger partial charge on any atom is 0.338 e. The van der Waals surface area contributed by atoms with Crippen LogP contribution in [0.3, 0.4) is 0 Å². The molecule has 0 unspecified atom stereocenters. The standard InChI is InChI=1S/C22H18N4O3/c1-15(21(27)25-19-9-6-16-4-2-3-5-18(16)12-19)29-22(28)17-7-10-20(11-8-17)26-14-23-13-24-26/h2-15H,1H3,(H,25,27)/t15-/m0/s1. The van der Waals surface area contributed by atoms with Gasteiger partial charge in [0, 0.05) is 5.69 Å². The lowest BCUT2D eigenvalue weighted by atomic mass is 10.1. The van der Waals surface area contributed by atoms with E-state index in [1.807, 2.05) is 42.5 Å². The molecule has 1 aromatic heterocycles. The summed E-state index contributed by atoms with van der Waals surface area (Å²) in [6.45, 7) is 1.54. The van der Waals surface area contributed by atoms with Crippen molar-refractivity contribution < 1.29 is 14.3 Å². The number of esters is 1. The Bertz CT molecular complexity index is 1150. The first-order chi connectivity index (χ1) is 14.1. The quantitative estimate of drug-likeness (QED) is 0.530. The first-order valence-electron chi connectivity index (χ1n) is 9.06. The van der Waals surface area contributed by atoms with Gasteiger partial charge >= 0.3 is 5.97 Å². The number of hydrogen-bond acceptors (Lipinski definition) is 5. The number of carbonyl (C=O) groups excluding carboxylic acids is 2. The van der Waals surface area contributed by atoms with Gasteiger partial charge in [-0.3, -0.25) is 4.79 Å². The van der Waals surface area contributed by atoms with Gasteiger partial charge in [-0.05, 0) is 54.1 Å². The third-order valence-corrected chi connectivity index (χ3v) is 4.46. The maximum absolute atomic E-state index is 12.4. The highest BCUT2D eigenvalue weighted by Gasteiger charge is 2.19. The molecule has 7 nitrogen and oxygen atoms in total. The Morgan fingerprint density at radius 1 is 1.00 bits per heavy atom. The van der Waals surface area contributed by atoms with Gasteiger partial charge in [-0.2, -0.15) is 5.10 Å². The molecule has 0 radical (unpaired) electrons. The monoisotopic (exact) mass is 386 g/mol. The highest BCUT2D eigenvalue weighted by Crippen LogP contribution is 2.19. The number of hydrogen-bond donors (Lipinski definition) is 1. The molecule has 0 saturated heterocycles. The largest absolute Gasteiger partial charge is 0.449 e. The molecule has 1 N–H and O–H groups in total. The molecule has 144 valence electrons. The molecule has 0 bridgehead atoms. The summed E-state index contributed by atoms with van der Waals surface area (Å²) >= 11 is 0. The van der Waals surface area contributed by atoms with Crippen LogP contribution >= 0.6 is 0 Å². The molecule has 0 aliphatic carbocycles. The minimum atomic E-state index is -0.941. The number of benzene rings is 3. The first kappa shape index (κ1) is 18.4. The van der Waals surface area contributed by atoms with E-state index in [0.717, 1.165) is 16.5 Å². The lowest BCUT2D eigenvalue weighted by Crippen LogP contribution is -2.30. The van der Waals surface area contributed by atoms with Crippen LogP contribution < -0.4 is 5.32 Å². The van der Waals surface area contributed by atoms with E-state index in [4.69, 9.17) is 4.74 Å². The summed E-state index contributed by atoms with van der Waals surface area (Å²) < 4.78 is 6.88. The van der Waals surface area contributed by atoms with E-state index in [1.165, 1.54) is 13.3 Å². The predicted molar refractivity (Wildman–Crippen MR) is 109 cm³/mol. The zero-order valence-corrected chi connectivity index (χ0v) is 15.6. The first-order valence-corrected chi connectivity index (χ1v) is 9.06. The lowest BCUT2D eigenvalue weighted by molar-refractivity contribution is -0.123. The smallest absolute Gasteiger partial charge is 0.338 e. The number of anilines is 1. The number of ether oxygens (including phenoxy) is 1. The highest BCUT2D eigenvalue weighted by atomic mass is 16.5. The third kappa shape index (κ3) is 4.14. The van der Waals surface area contributed by atoms with Crippen LogP contribution in [0.4, 0.5) is 5.69 Å². The molecule has 1 amide bonds. The summed E-state index contributed by atoms with van der Waals surface area (Å²) in [6.07, 6.45) is 2.05. The predicted octanol–water partition coefficient (Wildman–Crippen LogP) is 3.60. The van der Waals surface area contributed by atoms with Gasteiger partial charge in [-0.1, -0.05) is 30.3 Å². The minimum absolute atomic E-state index is 0.347. The Balaban J connectivity index is 1.39. The van der Waals surface area contributed by atoms with Gasteiger partial charge in [0.2, 0.25) is 0 Å². The molecular formula is C22H18N4O3. The maximum atomic E-state index is 12.4. The second-order valence-electron chi connectivity index (χ2n) is 6.49. The number of fused-ring (bicyclic) bond motifs is 1. The van der Waals surface area contributed by atoms with Crippen molar-refractivity contribution >= 4 is 28.3 Å². The molecule has 1 heterocycles. The van der Waals surface area contributed by atoms with Crippen molar-refractivity contribution in [1.82, 2.24) is 14.8 Å². The highest BCUT2D eigenvalue weighted by molar-refractivity contribution is 5.99. The molecule has 7 heteroatoms. The fourth-order valence-corrected chi connectivity index (χ4v) is 2.88. The van der Waals surface area contributed by atoms with Crippen LogP contribution in [-0.2, 0) is 9.53 Å². The fraction of sp³-hybridized carbons (Fsp3) is 0.0909. The summed E-state index contributed by atoms with van der Waals surface area (Å²) in [4.78, 5) is 28.6. The van der Waals surface area contributed by atoms with Gasteiger partial charge in [0.05, 0.1) is 11.3 Å². The molecule has 0 spiro atoms. The van der Waals surface area contributed by atoms with E-state index >= 15 is 0 Å². The van der Waals surface area contributed by atoms with Crippen LogP contribution in [0.5, 0.6) is 0 Å². The van der Waals surface area contributed by atoms with Crippen LogP contribution in [0.1, 0.15) is 17.3 Å². The molecule has 0 aliphatic rings. The van der Waals surface area contributed by atoms with E-state index in [0.29, 0.717) is 11.3 Å². The fourth-order valence-electron chi connectivity index (χ4n) is 2.88. The number of nitrogens with zero attached hydrogens (tertiary/aromatic N) is 3. The van der Waals surface area contributed by atoms with Gasteiger partial charge in [0.1, 0.15) is 12.7 Å². The summed E-state index contributed by atoms with van der Waals surface area (Å²) in [6, 6.07) is 20.2. The topological polar surface area (TPSA) is 86.1 Å². The number of rotatable bonds is 5. The van der Waals surface area contributed by atoms with Crippen molar-refractivity contribution in [3.8, 4) is 5.69 Å². The second kappa shape index (κ2) is 7.93. The van der Waals surface area contributed by atoms with Crippen LogP contribution in [-0.4, -0.2) is 32.7 Å². The third-order valence-electron chi connectivity index (χ3n) is 4.46. The van der Waals surface area contributed by atoms with Crippen LogP contribution in [0.15, 0.2) is 79.4 Å². The van der Waals surface area contributed by atoms with Crippen molar-refractivity contribution in [2.24, 2.45) is 0 Å². The molecular weight excluding hydrogens is 368 g/mol. The lowest BCUT2D eigenvalue weighted by Gasteiger charge is -2.14. The number of carbonyl (C=O) groups is 2. The van der Waals surface area contributed by atoms with Crippen LogP contribution in [0.25, 0.3) is 16.5 Å². The summed E-state index contributed by atoms with van der Waals surface area (Å²) in [7, 11) is 0. The number of nitrogens with one attached hydrogen (secondary N) is 1. The van der Waals surface area contributed by atoms with Crippen LogP contribution in [0, 0.1) is 0 Å². The summed E-state index contributed by atoms with van der Waals surface area (Å²) in [5, 5.41) is 8.91. The van der Waals surface area contributed by atoms with Crippen LogP contribution in [0.2, 0.25) is 0 Å². The molecule has 4 aromatic rings. The Morgan fingerprint density at radius 3 is 2.48 bits per heavy atom. The van der Waals surface area contributed by atoms with Gasteiger partial charge in [0.25, 0.3) is 5.91 Å². The molecule has 4 rings (SSSR count). The molecule has 29 heavy (non-hydrogen) atoms. The number of aromatic nitrogens is 3. The van der Waals surface area contributed by atoms with E-state index in [-0.39, 0.29) is 0 Å². The van der Waals surface area contributed by atoms with Gasteiger partial charge in [0.15, 0.2) is 6.10 Å². The Hall–Kier alpha value is -4.00. The summed E-state index contributed by atoms with van der Waals surface area (Å²) in [5.74, 6) is -0.968. The minimum Gasteiger partial charge on any atom is -0.449 e. The van der Waals surface area contributed by atoms with Crippen molar-refractivity contribution in [3.63, 3.8) is 0 Å². The van der Waals surface area contributed by atoms with E-state index < -0.39 is 18.0 Å². The second-order valence-corrected chi connectivity index (χ2v) is 6.49. The summed E-state index contributed by atoms with van der Waals surface area (Å²) in [5.41, 5.74) is 1.76. The van der Waals surface area contributed by atoms with E-state index in [9.17, 15) is 9.59 Å². The molecule has 0 fully saturated rings. The van der Waals surface area contributed by atoms with Crippen molar-refractivity contribution in [1.29, 1.82) is 0 Å². The SMILES string of the molecule is C[C@H](OC(=O)c1ccc(-n2cncn2)cc1)C(=O)Nc1ccc2ccccc2c1. The zero-order chi connectivity index (χ0) is 20.2. The Morgan fingerprint density at radius 2 is 1.76 bits per heavy atom. The molecule has 0 saturated carbocycles. The molecule has 3 aromatic carbocycles. The van der Waals surface area contributed by atoms with E-state index in [2.05, 4.69) is 15.4 Å².